The van der Waals surface area contributed by atoms with Gasteiger partial charge in [0.15, 0.2) is 0 Å². The van der Waals surface area contributed by atoms with Gasteiger partial charge in [-0.05, 0) is 80.7 Å². The molecule has 0 bridgehead atoms. The number of fused-ring (bicyclic) bond motifs is 1. The Morgan fingerprint density at radius 1 is 0.865 bits per heavy atom. The Morgan fingerprint density at radius 2 is 1.54 bits per heavy atom. The molecule has 0 unspecified atom stereocenters. The van der Waals surface area contributed by atoms with Gasteiger partial charge in [-0.25, -0.2) is 12.7 Å². The first-order chi connectivity index (χ1) is 17.5. The van der Waals surface area contributed by atoms with Crippen molar-refractivity contribution in [1.29, 1.82) is 0 Å². The van der Waals surface area contributed by atoms with Crippen molar-refractivity contribution in [1.82, 2.24) is 9.88 Å². The summed E-state index contributed by atoms with van der Waals surface area (Å²) < 4.78 is 29.8. The van der Waals surface area contributed by atoms with E-state index in [0.29, 0.717) is 45.1 Å². The molecule has 4 aromatic rings. The van der Waals surface area contributed by atoms with Crippen LogP contribution in [-0.2, 0) is 16.6 Å². The number of pyridine rings is 1. The molecule has 0 aliphatic rings. The topological polar surface area (TPSA) is 73.7 Å². The number of hydrogen-bond acceptors (Lipinski definition) is 5. The van der Waals surface area contributed by atoms with Crippen LogP contribution in [0.15, 0.2) is 65.6 Å². The van der Waals surface area contributed by atoms with E-state index in [1.807, 2.05) is 13.8 Å². The molecule has 1 aromatic heterocycles. The lowest BCUT2D eigenvalue weighted by Crippen LogP contribution is -2.27. The van der Waals surface area contributed by atoms with Crippen LogP contribution in [0.3, 0.4) is 0 Å². The summed E-state index contributed by atoms with van der Waals surface area (Å²) in [4.78, 5) is 6.61. The summed E-state index contributed by atoms with van der Waals surface area (Å²) in [6.07, 6.45) is 0. The number of hydrogen-bond donors (Lipinski definition) is 1. The average molecular weight is 579 g/mol. The second kappa shape index (κ2) is 11.1. The minimum absolute atomic E-state index is 0.0695. The van der Waals surface area contributed by atoms with Crippen molar-refractivity contribution >= 4 is 67.1 Å². The Kier molecular flexibility index (Phi) is 8.21. The monoisotopic (exact) mass is 577 g/mol. The fourth-order valence-electron chi connectivity index (χ4n) is 4.18. The summed E-state index contributed by atoms with van der Waals surface area (Å²) in [5, 5.41) is 12.1. The number of benzene rings is 3. The molecule has 10 heteroatoms. The standard InChI is InChI=1S/C27H26Cl3N3O3S/c1-4-32(5-2)16-18-11-22(7-9-27(18)34)33(37(35,36)23-13-20(29)12-21(30)14-23)26-10-17(3)31-25-15-19(28)6-8-24(25)26/h6-15,34H,4-5,16H2,1-3H3. The van der Waals surface area contributed by atoms with Gasteiger partial charge in [0, 0.05) is 38.3 Å². The number of anilines is 2. The highest BCUT2D eigenvalue weighted by Gasteiger charge is 2.30. The van der Waals surface area contributed by atoms with Crippen LogP contribution < -0.4 is 4.31 Å². The lowest BCUT2D eigenvalue weighted by Gasteiger charge is -2.27. The Hall–Kier alpha value is -2.55. The molecule has 0 saturated carbocycles. The number of aromatic nitrogens is 1. The van der Waals surface area contributed by atoms with E-state index in [1.165, 1.54) is 28.6 Å². The second-order valence-corrected chi connectivity index (χ2v) is 11.7. The smallest absolute Gasteiger partial charge is 0.268 e. The number of rotatable bonds is 8. The molecule has 6 nitrogen and oxygen atoms in total. The van der Waals surface area contributed by atoms with E-state index in [-0.39, 0.29) is 20.7 Å². The quantitative estimate of drug-likeness (QED) is 0.233. The molecule has 1 N–H and O–H groups in total. The zero-order chi connectivity index (χ0) is 26.9. The number of aromatic hydroxyl groups is 1. The highest BCUT2D eigenvalue weighted by atomic mass is 35.5. The molecule has 194 valence electrons. The van der Waals surface area contributed by atoms with Crippen LogP contribution >= 0.6 is 34.8 Å². The molecule has 1 heterocycles. The van der Waals surface area contributed by atoms with Gasteiger partial charge >= 0.3 is 0 Å². The first kappa shape index (κ1) is 27.5. The summed E-state index contributed by atoms with van der Waals surface area (Å²) in [5.74, 6) is 0.0846. The summed E-state index contributed by atoms with van der Waals surface area (Å²) in [6, 6.07) is 15.8. The highest BCUT2D eigenvalue weighted by Crippen LogP contribution is 2.40. The predicted octanol–water partition coefficient (Wildman–Crippen LogP) is 7.58. The molecular weight excluding hydrogens is 553 g/mol. The van der Waals surface area contributed by atoms with Gasteiger partial charge < -0.3 is 5.11 Å². The van der Waals surface area contributed by atoms with Gasteiger partial charge in [-0.3, -0.25) is 9.88 Å². The maximum Gasteiger partial charge on any atom is 0.268 e. The summed E-state index contributed by atoms with van der Waals surface area (Å²) >= 11 is 18.6. The first-order valence-electron chi connectivity index (χ1n) is 11.7. The molecule has 37 heavy (non-hydrogen) atoms. The Labute approximate surface area is 232 Å². The van der Waals surface area contributed by atoms with Gasteiger partial charge in [0.1, 0.15) is 5.75 Å². The third-order valence-corrected chi connectivity index (χ3v) is 8.45. The Balaban J connectivity index is 2.02. The minimum atomic E-state index is -4.23. The largest absolute Gasteiger partial charge is 0.508 e. The van der Waals surface area contributed by atoms with Crippen LogP contribution in [0.2, 0.25) is 15.1 Å². The van der Waals surface area contributed by atoms with E-state index >= 15 is 0 Å². The number of sulfonamides is 1. The van der Waals surface area contributed by atoms with Gasteiger partial charge in [-0.15, -0.1) is 0 Å². The Morgan fingerprint density at radius 3 is 2.19 bits per heavy atom. The van der Waals surface area contributed by atoms with Crippen molar-refractivity contribution in [2.75, 3.05) is 17.4 Å². The van der Waals surface area contributed by atoms with Gasteiger partial charge in [-0.1, -0.05) is 48.7 Å². The van der Waals surface area contributed by atoms with Gasteiger partial charge in [0.25, 0.3) is 10.0 Å². The van der Waals surface area contributed by atoms with E-state index in [0.717, 1.165) is 13.1 Å². The zero-order valence-corrected chi connectivity index (χ0v) is 23.6. The van der Waals surface area contributed by atoms with Crippen LogP contribution in [0.1, 0.15) is 25.1 Å². The SMILES string of the molecule is CCN(CC)Cc1cc(N(c2cc(C)nc3cc(Cl)ccc23)S(=O)(=O)c2cc(Cl)cc(Cl)c2)ccc1O. The number of nitrogens with zero attached hydrogens (tertiary/aromatic N) is 3. The zero-order valence-electron chi connectivity index (χ0n) is 20.5. The molecule has 0 amide bonds. The molecule has 3 aromatic carbocycles. The predicted molar refractivity (Wildman–Crippen MR) is 152 cm³/mol. The molecule has 0 aliphatic heterocycles. The molecular formula is C27H26Cl3N3O3S. The van der Waals surface area contributed by atoms with Crippen molar-refractivity contribution in [3.63, 3.8) is 0 Å². The third kappa shape index (κ3) is 5.81. The third-order valence-electron chi connectivity index (χ3n) is 6.06. The fraction of sp³-hybridized carbons (Fsp3) is 0.222. The average Bonchev–Trinajstić information content (AvgIpc) is 2.83. The van der Waals surface area contributed by atoms with Crippen molar-refractivity contribution < 1.29 is 13.5 Å². The Bertz CT molecular complexity index is 1550. The van der Waals surface area contributed by atoms with Crippen molar-refractivity contribution in [2.45, 2.75) is 32.2 Å². The normalized spacial score (nSPS) is 11.9. The number of halogens is 3. The van der Waals surface area contributed by atoms with Crippen molar-refractivity contribution in [2.24, 2.45) is 0 Å². The molecule has 0 radical (unpaired) electrons. The summed E-state index contributed by atoms with van der Waals surface area (Å²) in [6.45, 7) is 7.85. The maximum absolute atomic E-state index is 14.3. The highest BCUT2D eigenvalue weighted by molar-refractivity contribution is 7.93. The van der Waals surface area contributed by atoms with E-state index in [4.69, 9.17) is 34.8 Å². The van der Waals surface area contributed by atoms with Crippen molar-refractivity contribution in [3.8, 4) is 5.75 Å². The molecule has 0 aliphatic carbocycles. The van der Waals surface area contributed by atoms with Crippen molar-refractivity contribution in [3.05, 3.63) is 87.0 Å². The van der Waals surface area contributed by atoms with Gasteiger partial charge in [0.05, 0.1) is 21.8 Å². The lowest BCUT2D eigenvalue weighted by molar-refractivity contribution is 0.291. The minimum Gasteiger partial charge on any atom is -0.508 e. The van der Waals surface area contributed by atoms with Crippen LogP contribution in [0.4, 0.5) is 11.4 Å². The van der Waals surface area contributed by atoms with Crippen LogP contribution in [-0.4, -0.2) is 36.5 Å². The van der Waals surface area contributed by atoms with E-state index < -0.39 is 10.0 Å². The van der Waals surface area contributed by atoms with Crippen LogP contribution in [0, 0.1) is 6.92 Å². The molecule has 0 fully saturated rings. The van der Waals surface area contributed by atoms with Crippen LogP contribution in [0.25, 0.3) is 10.9 Å². The number of phenolic OH excluding ortho intramolecular Hbond substituents is 1. The van der Waals surface area contributed by atoms with Gasteiger partial charge in [0.2, 0.25) is 0 Å². The lowest BCUT2D eigenvalue weighted by atomic mass is 10.1. The first-order valence-corrected chi connectivity index (χ1v) is 14.2. The van der Waals surface area contributed by atoms with E-state index in [2.05, 4.69) is 9.88 Å². The fourth-order valence-corrected chi connectivity index (χ4v) is 6.57. The second-order valence-electron chi connectivity index (χ2n) is 8.59. The molecule has 0 atom stereocenters. The summed E-state index contributed by atoms with van der Waals surface area (Å²) in [7, 11) is -4.23. The van der Waals surface area contributed by atoms with Crippen LogP contribution in [0.5, 0.6) is 5.75 Å². The molecule has 0 spiro atoms. The number of aryl methyl sites for hydroxylation is 1. The van der Waals surface area contributed by atoms with E-state index in [9.17, 15) is 13.5 Å². The number of phenols is 1. The van der Waals surface area contributed by atoms with E-state index in [1.54, 1.807) is 43.3 Å². The maximum atomic E-state index is 14.3. The summed E-state index contributed by atoms with van der Waals surface area (Å²) in [5.41, 5.74) is 2.49. The van der Waals surface area contributed by atoms with Gasteiger partial charge in [-0.2, -0.15) is 0 Å². The molecule has 4 rings (SSSR count). The molecule has 0 saturated heterocycles.